The van der Waals surface area contributed by atoms with Gasteiger partial charge in [0.2, 0.25) is 5.91 Å². The third kappa shape index (κ3) is 3.36. The first kappa shape index (κ1) is 16.8. The van der Waals surface area contributed by atoms with E-state index in [2.05, 4.69) is 33.6 Å². The van der Waals surface area contributed by atoms with Crippen molar-refractivity contribution in [1.82, 2.24) is 19.8 Å². The minimum atomic E-state index is 0.108. The zero-order chi connectivity index (χ0) is 17.4. The Morgan fingerprint density at radius 1 is 1.08 bits per heavy atom. The average molecular weight is 343 g/mol. The molecule has 0 N–H and O–H groups in total. The fraction of sp³-hybridized carbons (Fsp3) is 0.737. The first-order chi connectivity index (χ1) is 12.1. The molecule has 1 saturated carbocycles. The van der Waals surface area contributed by atoms with Gasteiger partial charge in [-0.05, 0) is 52.0 Å². The summed E-state index contributed by atoms with van der Waals surface area (Å²) in [5.41, 5.74) is 0. The minimum absolute atomic E-state index is 0.108. The first-order valence-corrected chi connectivity index (χ1v) is 9.74. The monoisotopic (exact) mass is 343 g/mol. The summed E-state index contributed by atoms with van der Waals surface area (Å²) in [7, 11) is 0. The van der Waals surface area contributed by atoms with Crippen LogP contribution in [0.3, 0.4) is 0 Å². The molecule has 1 amide bonds. The highest BCUT2D eigenvalue weighted by Gasteiger charge is 2.41. The van der Waals surface area contributed by atoms with Crippen molar-refractivity contribution in [1.29, 1.82) is 0 Å². The largest absolute Gasteiger partial charge is 0.350 e. The highest BCUT2D eigenvalue weighted by Crippen LogP contribution is 2.35. The Labute approximate surface area is 150 Å². The predicted octanol–water partition coefficient (Wildman–Crippen LogP) is 1.92. The standard InChI is InChI=1S/C19H29N5O/c1-14(2)23-12-8-17(19(23)25)22-10-6-16(7-11-22)24(15-3-4-15)18-5-9-20-13-21-18/h5,9,13-17H,3-4,6-8,10-12H2,1-2H3. The van der Waals surface area contributed by atoms with Gasteiger partial charge in [-0.3, -0.25) is 9.69 Å². The van der Waals surface area contributed by atoms with Gasteiger partial charge in [-0.1, -0.05) is 0 Å². The number of piperidine rings is 1. The molecule has 25 heavy (non-hydrogen) atoms. The third-order valence-electron chi connectivity index (χ3n) is 5.94. The SMILES string of the molecule is CC(C)N1CCC(N2CCC(N(c3ccncn3)C3CC3)CC2)C1=O. The molecule has 4 rings (SSSR count). The van der Waals surface area contributed by atoms with Crippen molar-refractivity contribution >= 4 is 11.7 Å². The van der Waals surface area contributed by atoms with Crippen LogP contribution in [0.4, 0.5) is 5.82 Å². The van der Waals surface area contributed by atoms with Crippen LogP contribution in [0.1, 0.15) is 46.0 Å². The number of hydrogen-bond acceptors (Lipinski definition) is 5. The summed E-state index contributed by atoms with van der Waals surface area (Å²) in [6.07, 6.45) is 9.25. The molecular formula is C19H29N5O. The van der Waals surface area contributed by atoms with Crippen molar-refractivity contribution in [3.8, 4) is 0 Å². The summed E-state index contributed by atoms with van der Waals surface area (Å²) in [6, 6.07) is 3.65. The maximum absolute atomic E-state index is 12.7. The lowest BCUT2D eigenvalue weighted by molar-refractivity contribution is -0.133. The Morgan fingerprint density at radius 3 is 2.36 bits per heavy atom. The smallest absolute Gasteiger partial charge is 0.240 e. The van der Waals surface area contributed by atoms with E-state index in [1.807, 2.05) is 17.2 Å². The molecule has 2 aliphatic heterocycles. The van der Waals surface area contributed by atoms with E-state index >= 15 is 0 Å². The molecule has 3 heterocycles. The van der Waals surface area contributed by atoms with Crippen molar-refractivity contribution in [2.24, 2.45) is 0 Å². The van der Waals surface area contributed by atoms with Gasteiger partial charge in [-0.25, -0.2) is 9.97 Å². The van der Waals surface area contributed by atoms with Crippen LogP contribution in [-0.2, 0) is 4.79 Å². The van der Waals surface area contributed by atoms with Crippen LogP contribution in [0.5, 0.6) is 0 Å². The normalized spacial score (nSPS) is 25.8. The second kappa shape index (κ2) is 6.90. The van der Waals surface area contributed by atoms with Gasteiger partial charge in [0, 0.05) is 44.0 Å². The van der Waals surface area contributed by atoms with Crippen LogP contribution in [0.15, 0.2) is 18.6 Å². The second-order valence-corrected chi connectivity index (χ2v) is 7.90. The van der Waals surface area contributed by atoms with E-state index in [1.165, 1.54) is 12.8 Å². The fourth-order valence-corrected chi connectivity index (χ4v) is 4.47. The summed E-state index contributed by atoms with van der Waals surface area (Å²) in [5, 5.41) is 0. The Bertz CT molecular complexity index is 595. The van der Waals surface area contributed by atoms with Crippen LogP contribution in [0, 0.1) is 0 Å². The number of hydrogen-bond donors (Lipinski definition) is 0. The molecular weight excluding hydrogens is 314 g/mol. The molecule has 0 bridgehead atoms. The molecule has 136 valence electrons. The number of nitrogens with zero attached hydrogens (tertiary/aromatic N) is 5. The number of carbonyl (C=O) groups excluding carboxylic acids is 1. The molecule has 1 atom stereocenters. The number of aromatic nitrogens is 2. The quantitative estimate of drug-likeness (QED) is 0.817. The van der Waals surface area contributed by atoms with Crippen molar-refractivity contribution < 1.29 is 4.79 Å². The van der Waals surface area contributed by atoms with E-state index in [0.717, 1.165) is 44.7 Å². The summed E-state index contributed by atoms with van der Waals surface area (Å²) in [6.45, 7) is 7.17. The lowest BCUT2D eigenvalue weighted by Gasteiger charge is -2.41. The molecule has 6 nitrogen and oxygen atoms in total. The summed E-state index contributed by atoms with van der Waals surface area (Å²) < 4.78 is 0. The maximum atomic E-state index is 12.7. The molecule has 2 saturated heterocycles. The van der Waals surface area contributed by atoms with Gasteiger partial charge < -0.3 is 9.80 Å². The molecule has 0 aromatic carbocycles. The van der Waals surface area contributed by atoms with E-state index < -0.39 is 0 Å². The van der Waals surface area contributed by atoms with Crippen LogP contribution < -0.4 is 4.90 Å². The Morgan fingerprint density at radius 2 is 1.80 bits per heavy atom. The molecule has 0 spiro atoms. The van der Waals surface area contributed by atoms with E-state index in [4.69, 9.17) is 0 Å². The number of carbonyl (C=O) groups is 1. The maximum Gasteiger partial charge on any atom is 0.240 e. The zero-order valence-electron chi connectivity index (χ0n) is 15.3. The molecule has 3 aliphatic rings. The average Bonchev–Trinajstić information content (AvgIpc) is 3.38. The number of amides is 1. The van der Waals surface area contributed by atoms with Gasteiger partial charge in [-0.2, -0.15) is 0 Å². The molecule has 0 radical (unpaired) electrons. The van der Waals surface area contributed by atoms with Crippen LogP contribution in [0.25, 0.3) is 0 Å². The second-order valence-electron chi connectivity index (χ2n) is 7.90. The van der Waals surface area contributed by atoms with E-state index in [0.29, 0.717) is 24.0 Å². The van der Waals surface area contributed by atoms with Crippen LogP contribution in [-0.4, -0.2) is 69.5 Å². The number of likely N-dealkylation sites (tertiary alicyclic amines) is 2. The van der Waals surface area contributed by atoms with E-state index in [1.54, 1.807) is 6.33 Å². The molecule has 1 aliphatic carbocycles. The lowest BCUT2D eigenvalue weighted by Crippen LogP contribution is -2.51. The number of anilines is 1. The first-order valence-electron chi connectivity index (χ1n) is 9.74. The zero-order valence-corrected chi connectivity index (χ0v) is 15.3. The van der Waals surface area contributed by atoms with Crippen LogP contribution >= 0.6 is 0 Å². The Hall–Kier alpha value is -1.69. The Balaban J connectivity index is 1.39. The fourth-order valence-electron chi connectivity index (χ4n) is 4.47. The highest BCUT2D eigenvalue weighted by molar-refractivity contribution is 5.84. The van der Waals surface area contributed by atoms with E-state index in [9.17, 15) is 4.79 Å². The van der Waals surface area contributed by atoms with Gasteiger partial charge in [0.15, 0.2) is 0 Å². The molecule has 1 aromatic heterocycles. The Kier molecular flexibility index (Phi) is 4.63. The summed E-state index contributed by atoms with van der Waals surface area (Å²) in [4.78, 5) is 28.2. The molecule has 1 aromatic rings. The van der Waals surface area contributed by atoms with Crippen molar-refractivity contribution in [2.45, 2.75) is 70.1 Å². The van der Waals surface area contributed by atoms with Gasteiger partial charge in [-0.15, -0.1) is 0 Å². The highest BCUT2D eigenvalue weighted by atomic mass is 16.2. The molecule has 3 fully saturated rings. The van der Waals surface area contributed by atoms with Gasteiger partial charge in [0.05, 0.1) is 6.04 Å². The van der Waals surface area contributed by atoms with Gasteiger partial charge in [0.25, 0.3) is 0 Å². The topological polar surface area (TPSA) is 52.6 Å². The minimum Gasteiger partial charge on any atom is -0.350 e. The summed E-state index contributed by atoms with van der Waals surface area (Å²) >= 11 is 0. The van der Waals surface area contributed by atoms with Crippen molar-refractivity contribution in [3.63, 3.8) is 0 Å². The lowest BCUT2D eigenvalue weighted by atomic mass is 10.0. The van der Waals surface area contributed by atoms with E-state index in [-0.39, 0.29) is 6.04 Å². The van der Waals surface area contributed by atoms with Crippen LogP contribution in [0.2, 0.25) is 0 Å². The molecule has 1 unspecified atom stereocenters. The third-order valence-corrected chi connectivity index (χ3v) is 5.94. The summed E-state index contributed by atoms with van der Waals surface area (Å²) in [5.74, 6) is 1.40. The van der Waals surface area contributed by atoms with Gasteiger partial charge >= 0.3 is 0 Å². The van der Waals surface area contributed by atoms with Crippen molar-refractivity contribution in [3.05, 3.63) is 18.6 Å². The van der Waals surface area contributed by atoms with Gasteiger partial charge in [0.1, 0.15) is 12.1 Å². The number of rotatable bonds is 5. The molecule has 6 heteroatoms. The predicted molar refractivity (Wildman–Crippen MR) is 97.4 cm³/mol. The van der Waals surface area contributed by atoms with Crippen molar-refractivity contribution in [2.75, 3.05) is 24.5 Å².